The highest BCUT2D eigenvalue weighted by molar-refractivity contribution is 5.40. The third kappa shape index (κ3) is 3.74. The predicted molar refractivity (Wildman–Crippen MR) is 66.2 cm³/mol. The van der Waals surface area contributed by atoms with Crippen LogP contribution in [0.5, 0.6) is 11.5 Å². The molecule has 0 aliphatic rings. The average Bonchev–Trinajstić information content (AvgIpc) is 2.31. The van der Waals surface area contributed by atoms with E-state index in [1.54, 1.807) is 7.11 Å². The van der Waals surface area contributed by atoms with E-state index in [9.17, 15) is 0 Å². The lowest BCUT2D eigenvalue weighted by molar-refractivity contribution is 0.334. The zero-order valence-electron chi connectivity index (χ0n) is 10.4. The molecule has 0 aliphatic heterocycles. The predicted octanol–water partition coefficient (Wildman–Crippen LogP) is 2.59. The van der Waals surface area contributed by atoms with Crippen LogP contribution in [0, 0.1) is 0 Å². The first kappa shape index (κ1) is 12.8. The molecule has 0 heterocycles. The molecule has 0 aliphatic carbocycles. The second kappa shape index (κ2) is 7.12. The van der Waals surface area contributed by atoms with Gasteiger partial charge in [-0.05, 0) is 38.1 Å². The fraction of sp³-hybridized carbons (Fsp3) is 0.538. The third-order valence-electron chi connectivity index (χ3n) is 2.31. The number of ether oxygens (including phenoxy) is 2. The van der Waals surface area contributed by atoms with E-state index in [0.717, 1.165) is 36.6 Å². The Kier molecular flexibility index (Phi) is 5.72. The molecule has 3 nitrogen and oxygen atoms in total. The lowest BCUT2D eigenvalue weighted by atomic mass is 10.2. The van der Waals surface area contributed by atoms with Crippen LogP contribution in [-0.2, 0) is 6.54 Å². The van der Waals surface area contributed by atoms with E-state index in [-0.39, 0.29) is 0 Å². The van der Waals surface area contributed by atoms with Gasteiger partial charge in [0.05, 0.1) is 13.7 Å². The van der Waals surface area contributed by atoms with Crippen molar-refractivity contribution < 1.29 is 9.47 Å². The van der Waals surface area contributed by atoms with Crippen molar-refractivity contribution in [3.05, 3.63) is 23.8 Å². The summed E-state index contributed by atoms with van der Waals surface area (Å²) in [5, 5.41) is 3.37. The van der Waals surface area contributed by atoms with Gasteiger partial charge in [-0.1, -0.05) is 6.92 Å². The number of methoxy groups -OCH3 is 1. The van der Waals surface area contributed by atoms with Crippen molar-refractivity contribution in [1.29, 1.82) is 0 Å². The zero-order valence-corrected chi connectivity index (χ0v) is 10.4. The van der Waals surface area contributed by atoms with Crippen LogP contribution in [0.2, 0.25) is 0 Å². The first-order valence-corrected chi connectivity index (χ1v) is 5.82. The van der Waals surface area contributed by atoms with E-state index in [1.165, 1.54) is 0 Å². The van der Waals surface area contributed by atoms with Crippen molar-refractivity contribution in [1.82, 2.24) is 5.32 Å². The number of benzene rings is 1. The second-order valence-electron chi connectivity index (χ2n) is 3.58. The van der Waals surface area contributed by atoms with E-state index >= 15 is 0 Å². The standard InChI is InChI=1S/C13H21NO2/c1-4-8-14-10-11-9-12(15-3)6-7-13(11)16-5-2/h6-7,9,14H,4-5,8,10H2,1-3H3. The van der Waals surface area contributed by atoms with Gasteiger partial charge in [0.2, 0.25) is 0 Å². The van der Waals surface area contributed by atoms with Crippen molar-refractivity contribution >= 4 is 0 Å². The molecule has 3 heteroatoms. The summed E-state index contributed by atoms with van der Waals surface area (Å²) in [4.78, 5) is 0. The van der Waals surface area contributed by atoms with Gasteiger partial charge in [-0.3, -0.25) is 0 Å². The Bertz CT molecular complexity index is 313. The van der Waals surface area contributed by atoms with Gasteiger partial charge in [-0.25, -0.2) is 0 Å². The molecule has 0 bridgehead atoms. The van der Waals surface area contributed by atoms with Gasteiger partial charge < -0.3 is 14.8 Å². The Morgan fingerprint density at radius 2 is 2.06 bits per heavy atom. The van der Waals surface area contributed by atoms with E-state index in [0.29, 0.717) is 6.61 Å². The lowest BCUT2D eigenvalue weighted by Crippen LogP contribution is -2.14. The van der Waals surface area contributed by atoms with Gasteiger partial charge in [0.15, 0.2) is 0 Å². The summed E-state index contributed by atoms with van der Waals surface area (Å²) in [5.41, 5.74) is 1.15. The van der Waals surface area contributed by atoms with E-state index in [2.05, 4.69) is 12.2 Å². The first-order chi connectivity index (χ1) is 7.81. The number of hydrogen-bond donors (Lipinski definition) is 1. The van der Waals surface area contributed by atoms with Crippen molar-refractivity contribution in [2.24, 2.45) is 0 Å². The smallest absolute Gasteiger partial charge is 0.124 e. The third-order valence-corrected chi connectivity index (χ3v) is 2.31. The number of nitrogens with one attached hydrogen (secondary N) is 1. The van der Waals surface area contributed by atoms with Crippen LogP contribution in [-0.4, -0.2) is 20.3 Å². The van der Waals surface area contributed by atoms with E-state index < -0.39 is 0 Å². The Morgan fingerprint density at radius 1 is 1.25 bits per heavy atom. The van der Waals surface area contributed by atoms with Crippen molar-refractivity contribution in [3.63, 3.8) is 0 Å². The lowest BCUT2D eigenvalue weighted by Gasteiger charge is -2.12. The van der Waals surface area contributed by atoms with Crippen LogP contribution in [0.3, 0.4) is 0 Å². The summed E-state index contributed by atoms with van der Waals surface area (Å²) in [5.74, 6) is 1.81. The number of hydrogen-bond acceptors (Lipinski definition) is 3. The Hall–Kier alpha value is -1.22. The maximum atomic E-state index is 5.57. The summed E-state index contributed by atoms with van der Waals surface area (Å²) in [6.45, 7) is 6.67. The van der Waals surface area contributed by atoms with Crippen molar-refractivity contribution in [3.8, 4) is 11.5 Å². The minimum atomic E-state index is 0.688. The van der Waals surface area contributed by atoms with Crippen molar-refractivity contribution in [2.45, 2.75) is 26.8 Å². The van der Waals surface area contributed by atoms with Gasteiger partial charge in [0, 0.05) is 12.1 Å². The maximum absolute atomic E-state index is 5.57. The van der Waals surface area contributed by atoms with Crippen LogP contribution in [0.15, 0.2) is 18.2 Å². The highest BCUT2D eigenvalue weighted by Gasteiger charge is 2.04. The van der Waals surface area contributed by atoms with Gasteiger partial charge in [-0.2, -0.15) is 0 Å². The minimum absolute atomic E-state index is 0.688. The molecule has 0 unspecified atom stereocenters. The fourth-order valence-corrected chi connectivity index (χ4v) is 1.52. The summed E-state index contributed by atoms with van der Waals surface area (Å²) in [6, 6.07) is 5.91. The van der Waals surface area contributed by atoms with Gasteiger partial charge >= 0.3 is 0 Å². The largest absolute Gasteiger partial charge is 0.497 e. The first-order valence-electron chi connectivity index (χ1n) is 5.82. The summed E-state index contributed by atoms with van der Waals surface area (Å²) in [6.07, 6.45) is 1.13. The molecular formula is C13H21NO2. The molecular weight excluding hydrogens is 202 g/mol. The van der Waals surface area contributed by atoms with E-state index in [1.807, 2.05) is 25.1 Å². The maximum Gasteiger partial charge on any atom is 0.124 e. The molecule has 0 radical (unpaired) electrons. The Balaban J connectivity index is 2.74. The molecule has 0 amide bonds. The summed E-state index contributed by atoms with van der Waals surface area (Å²) in [7, 11) is 1.68. The van der Waals surface area contributed by atoms with Crippen LogP contribution in [0.1, 0.15) is 25.8 Å². The monoisotopic (exact) mass is 223 g/mol. The highest BCUT2D eigenvalue weighted by Crippen LogP contribution is 2.24. The SMILES string of the molecule is CCCNCc1cc(OC)ccc1OCC. The quantitative estimate of drug-likeness (QED) is 0.721. The molecule has 1 aromatic carbocycles. The van der Waals surface area contributed by atoms with E-state index in [4.69, 9.17) is 9.47 Å². The summed E-state index contributed by atoms with van der Waals surface area (Å²) < 4.78 is 10.8. The molecule has 0 fully saturated rings. The van der Waals surface area contributed by atoms with Crippen LogP contribution >= 0.6 is 0 Å². The molecule has 0 saturated heterocycles. The molecule has 0 spiro atoms. The topological polar surface area (TPSA) is 30.5 Å². The normalized spacial score (nSPS) is 10.2. The molecule has 90 valence electrons. The van der Waals surface area contributed by atoms with Gasteiger partial charge in [0.1, 0.15) is 11.5 Å². The van der Waals surface area contributed by atoms with Crippen LogP contribution in [0.25, 0.3) is 0 Å². The van der Waals surface area contributed by atoms with Crippen LogP contribution < -0.4 is 14.8 Å². The van der Waals surface area contributed by atoms with Gasteiger partial charge in [0.25, 0.3) is 0 Å². The Morgan fingerprint density at radius 3 is 2.69 bits per heavy atom. The molecule has 1 N–H and O–H groups in total. The molecule has 0 saturated carbocycles. The minimum Gasteiger partial charge on any atom is -0.497 e. The number of rotatable bonds is 7. The average molecular weight is 223 g/mol. The molecule has 1 rings (SSSR count). The van der Waals surface area contributed by atoms with Gasteiger partial charge in [-0.15, -0.1) is 0 Å². The van der Waals surface area contributed by atoms with Crippen LogP contribution in [0.4, 0.5) is 0 Å². The molecule has 0 atom stereocenters. The van der Waals surface area contributed by atoms with Crippen molar-refractivity contribution in [2.75, 3.05) is 20.3 Å². The molecule has 0 aromatic heterocycles. The fourth-order valence-electron chi connectivity index (χ4n) is 1.52. The zero-order chi connectivity index (χ0) is 11.8. The summed E-state index contributed by atoms with van der Waals surface area (Å²) >= 11 is 0. The highest BCUT2D eigenvalue weighted by atomic mass is 16.5. The molecule has 1 aromatic rings. The second-order valence-corrected chi connectivity index (χ2v) is 3.58. The Labute approximate surface area is 97.8 Å². The molecule has 16 heavy (non-hydrogen) atoms.